The minimum absolute atomic E-state index is 0.0993. The monoisotopic (exact) mass is 504 g/mol. The molecule has 0 spiro atoms. The summed E-state index contributed by atoms with van der Waals surface area (Å²) in [6, 6.07) is 13.8. The first kappa shape index (κ1) is 24.9. The normalized spacial score (nSPS) is 18.0. The Balaban J connectivity index is 1.31. The molecule has 1 aromatic heterocycles. The van der Waals surface area contributed by atoms with Crippen molar-refractivity contribution in [2.75, 3.05) is 25.0 Å². The molecule has 1 saturated heterocycles. The molecule has 0 unspecified atom stereocenters. The van der Waals surface area contributed by atoms with Crippen LogP contribution < -0.4 is 10.2 Å². The maximum atomic E-state index is 14.9. The lowest BCUT2D eigenvalue weighted by molar-refractivity contribution is -0.137. The molecule has 1 aliphatic heterocycles. The van der Waals surface area contributed by atoms with E-state index in [2.05, 4.69) is 15.5 Å². The molecule has 1 saturated carbocycles. The lowest BCUT2D eigenvalue weighted by Crippen LogP contribution is -2.49. The summed E-state index contributed by atoms with van der Waals surface area (Å²) >= 11 is 0. The Hall–Kier alpha value is -3.75. The van der Waals surface area contributed by atoms with E-state index >= 15 is 0 Å². The zero-order valence-electron chi connectivity index (χ0n) is 21.3. The summed E-state index contributed by atoms with van der Waals surface area (Å²) in [6.45, 7) is 3.21. The van der Waals surface area contributed by atoms with E-state index in [1.165, 1.54) is 0 Å². The van der Waals surface area contributed by atoms with Gasteiger partial charge < -0.3 is 15.1 Å². The fourth-order valence-electron chi connectivity index (χ4n) is 5.02. The molecule has 2 heterocycles. The lowest BCUT2D eigenvalue weighted by atomic mass is 9.96. The molecule has 0 bridgehead atoms. The molecular formula is C28H33FN6O2. The number of amides is 2. The standard InChI is InChI=1S/C28H33FN6O2/c1-3-35-30-17-25(32-35)33(2)18-26(36)34-15-7-10-24(34)28(37)31-27(20-8-5-4-6-9-20)21-13-14-22(19-11-12-19)23(29)16-21/h4-6,8-9,13-14,16-17,19,24,27H,3,7,10-12,15,18H2,1-2H3,(H,31,37)/t24-,27-/m0/s1. The van der Waals surface area contributed by atoms with Crippen LogP contribution in [0.1, 0.15) is 61.3 Å². The summed E-state index contributed by atoms with van der Waals surface area (Å²) in [5.74, 6) is 0.321. The fourth-order valence-corrected chi connectivity index (χ4v) is 5.02. The van der Waals surface area contributed by atoms with Gasteiger partial charge in [0.25, 0.3) is 0 Å². The summed E-state index contributed by atoms with van der Waals surface area (Å²) < 4.78 is 14.9. The van der Waals surface area contributed by atoms with Gasteiger partial charge in [0.2, 0.25) is 11.8 Å². The van der Waals surface area contributed by atoms with E-state index in [1.807, 2.05) is 49.4 Å². The maximum Gasteiger partial charge on any atom is 0.243 e. The summed E-state index contributed by atoms with van der Waals surface area (Å²) in [6.07, 6.45) is 5.01. The number of aryl methyl sites for hydroxylation is 1. The quantitative estimate of drug-likeness (QED) is 0.481. The Labute approximate surface area is 216 Å². The minimum atomic E-state index is -0.575. The number of anilines is 1. The van der Waals surface area contributed by atoms with Crippen LogP contribution in [-0.2, 0) is 16.1 Å². The number of nitrogens with one attached hydrogen (secondary N) is 1. The molecule has 2 fully saturated rings. The van der Waals surface area contributed by atoms with Gasteiger partial charge in [0.1, 0.15) is 11.9 Å². The molecule has 9 heteroatoms. The Kier molecular flexibility index (Phi) is 7.21. The lowest BCUT2D eigenvalue weighted by Gasteiger charge is -2.28. The van der Waals surface area contributed by atoms with E-state index in [1.54, 1.807) is 33.9 Å². The molecule has 1 aliphatic carbocycles. The number of halogens is 1. The van der Waals surface area contributed by atoms with Crippen LogP contribution in [-0.4, -0.2) is 57.9 Å². The third-order valence-electron chi connectivity index (χ3n) is 7.24. The van der Waals surface area contributed by atoms with Crippen molar-refractivity contribution < 1.29 is 14.0 Å². The van der Waals surface area contributed by atoms with Crippen LogP contribution in [0.15, 0.2) is 54.7 Å². The number of carbonyl (C=O) groups is 2. The van der Waals surface area contributed by atoms with E-state index in [4.69, 9.17) is 0 Å². The fraction of sp³-hybridized carbons (Fsp3) is 0.429. The second-order valence-corrected chi connectivity index (χ2v) is 9.90. The second kappa shape index (κ2) is 10.7. The van der Waals surface area contributed by atoms with Crippen molar-refractivity contribution in [2.24, 2.45) is 0 Å². The number of aromatic nitrogens is 3. The Morgan fingerprint density at radius 2 is 1.92 bits per heavy atom. The Morgan fingerprint density at radius 3 is 2.59 bits per heavy atom. The molecule has 1 N–H and O–H groups in total. The summed E-state index contributed by atoms with van der Waals surface area (Å²) in [5.41, 5.74) is 2.30. The van der Waals surface area contributed by atoms with Gasteiger partial charge in [-0.25, -0.2) is 4.39 Å². The number of likely N-dealkylation sites (tertiary alicyclic amines) is 1. The SMILES string of the molecule is CCn1ncc(N(C)CC(=O)N2CCC[C@H]2C(=O)N[C@@H](c2ccccc2)c2ccc(C3CC3)c(F)c2)n1. The van der Waals surface area contributed by atoms with Gasteiger partial charge in [-0.05, 0) is 61.3 Å². The molecule has 2 atom stereocenters. The molecule has 0 radical (unpaired) electrons. The number of carbonyl (C=O) groups excluding carboxylic acids is 2. The number of rotatable bonds is 9. The minimum Gasteiger partial charge on any atom is -0.348 e. The predicted molar refractivity (Wildman–Crippen MR) is 139 cm³/mol. The third kappa shape index (κ3) is 5.50. The summed E-state index contributed by atoms with van der Waals surface area (Å²) in [4.78, 5) is 31.7. The molecule has 3 aromatic rings. The number of hydrogen-bond donors (Lipinski definition) is 1. The number of nitrogens with zero attached hydrogens (tertiary/aromatic N) is 5. The number of benzene rings is 2. The number of hydrogen-bond acceptors (Lipinski definition) is 5. The van der Waals surface area contributed by atoms with Gasteiger partial charge in [-0.3, -0.25) is 9.59 Å². The van der Waals surface area contributed by atoms with Gasteiger partial charge in [-0.1, -0.05) is 42.5 Å². The molecule has 8 nitrogen and oxygen atoms in total. The van der Waals surface area contributed by atoms with E-state index in [0.29, 0.717) is 36.8 Å². The first-order valence-corrected chi connectivity index (χ1v) is 13.0. The summed E-state index contributed by atoms with van der Waals surface area (Å²) in [5, 5.41) is 11.6. The van der Waals surface area contributed by atoms with Crippen molar-refractivity contribution in [3.63, 3.8) is 0 Å². The van der Waals surface area contributed by atoms with E-state index in [9.17, 15) is 14.0 Å². The maximum absolute atomic E-state index is 14.9. The van der Waals surface area contributed by atoms with Crippen molar-refractivity contribution in [3.8, 4) is 0 Å². The molecular weight excluding hydrogens is 471 g/mol. The van der Waals surface area contributed by atoms with Gasteiger partial charge in [-0.2, -0.15) is 9.90 Å². The highest BCUT2D eigenvalue weighted by atomic mass is 19.1. The smallest absolute Gasteiger partial charge is 0.243 e. The van der Waals surface area contributed by atoms with E-state index < -0.39 is 12.1 Å². The Bertz CT molecular complexity index is 1260. The predicted octanol–water partition coefficient (Wildman–Crippen LogP) is 3.65. The second-order valence-electron chi connectivity index (χ2n) is 9.90. The van der Waals surface area contributed by atoms with Gasteiger partial charge in [0, 0.05) is 13.6 Å². The van der Waals surface area contributed by atoms with Crippen LogP contribution in [0.5, 0.6) is 0 Å². The highest BCUT2D eigenvalue weighted by molar-refractivity contribution is 5.90. The molecule has 2 amide bonds. The highest BCUT2D eigenvalue weighted by Crippen LogP contribution is 2.41. The molecule has 2 aliphatic rings. The van der Waals surface area contributed by atoms with Gasteiger partial charge in [0.15, 0.2) is 5.82 Å². The van der Waals surface area contributed by atoms with Crippen LogP contribution in [0, 0.1) is 5.82 Å². The van der Waals surface area contributed by atoms with Crippen LogP contribution in [0.3, 0.4) is 0 Å². The van der Waals surface area contributed by atoms with E-state index in [0.717, 1.165) is 30.4 Å². The topological polar surface area (TPSA) is 83.4 Å². The molecule has 5 rings (SSSR count). The largest absolute Gasteiger partial charge is 0.348 e. The zero-order valence-corrected chi connectivity index (χ0v) is 21.3. The van der Waals surface area contributed by atoms with Crippen LogP contribution in [0.4, 0.5) is 10.2 Å². The first-order valence-electron chi connectivity index (χ1n) is 13.0. The zero-order chi connectivity index (χ0) is 25.9. The van der Waals surface area contributed by atoms with E-state index in [-0.39, 0.29) is 24.2 Å². The third-order valence-corrected chi connectivity index (χ3v) is 7.24. The molecule has 37 heavy (non-hydrogen) atoms. The average Bonchev–Trinajstić information content (AvgIpc) is 3.41. The molecule has 194 valence electrons. The van der Waals surface area contributed by atoms with Crippen molar-refractivity contribution in [1.29, 1.82) is 0 Å². The van der Waals surface area contributed by atoms with Crippen LogP contribution in [0.25, 0.3) is 0 Å². The van der Waals surface area contributed by atoms with Crippen LogP contribution >= 0.6 is 0 Å². The van der Waals surface area contributed by atoms with Crippen molar-refractivity contribution in [3.05, 3.63) is 77.2 Å². The average molecular weight is 505 g/mol. The first-order chi connectivity index (χ1) is 17.9. The Morgan fingerprint density at radius 1 is 1.14 bits per heavy atom. The van der Waals surface area contributed by atoms with Crippen molar-refractivity contribution in [2.45, 2.75) is 57.2 Å². The van der Waals surface area contributed by atoms with Crippen LogP contribution in [0.2, 0.25) is 0 Å². The van der Waals surface area contributed by atoms with Gasteiger partial charge >= 0.3 is 0 Å². The van der Waals surface area contributed by atoms with Gasteiger partial charge in [0.05, 0.1) is 25.3 Å². The van der Waals surface area contributed by atoms with Crippen molar-refractivity contribution >= 4 is 17.6 Å². The highest BCUT2D eigenvalue weighted by Gasteiger charge is 2.36. The molecule has 2 aromatic carbocycles. The van der Waals surface area contributed by atoms with Crippen molar-refractivity contribution in [1.82, 2.24) is 25.2 Å². The summed E-state index contributed by atoms with van der Waals surface area (Å²) in [7, 11) is 1.79. The number of likely N-dealkylation sites (N-methyl/N-ethyl adjacent to an activating group) is 1. The van der Waals surface area contributed by atoms with Gasteiger partial charge in [-0.15, -0.1) is 5.10 Å².